The molecule has 5 heteroatoms. The molecule has 0 aliphatic carbocycles. The van der Waals surface area contributed by atoms with Gasteiger partial charge in [-0.1, -0.05) is 66.3 Å². The van der Waals surface area contributed by atoms with Crippen molar-refractivity contribution in [1.29, 1.82) is 0 Å². The van der Waals surface area contributed by atoms with Gasteiger partial charge >= 0.3 is 0 Å². The molecule has 0 aliphatic rings. The van der Waals surface area contributed by atoms with Crippen molar-refractivity contribution in [3.8, 4) is 11.4 Å². The number of rotatable bonds is 3. The lowest BCUT2D eigenvalue weighted by molar-refractivity contribution is 1.09. The summed E-state index contributed by atoms with van der Waals surface area (Å²) in [6, 6.07) is 16.2. The Morgan fingerprint density at radius 1 is 1.12 bits per heavy atom. The smallest absolute Gasteiger partial charge is 0.267 e. The average Bonchev–Trinajstić information content (AvgIpc) is 3.17. The van der Waals surface area contributed by atoms with E-state index in [1.54, 1.807) is 4.40 Å². The summed E-state index contributed by atoms with van der Waals surface area (Å²) in [5.74, 6) is 0.598. The van der Waals surface area contributed by atoms with Crippen molar-refractivity contribution >= 4 is 22.4 Å². The van der Waals surface area contributed by atoms with Gasteiger partial charge in [-0.3, -0.25) is 4.79 Å². The highest BCUT2D eigenvalue weighted by Gasteiger charge is 2.14. The monoisotopic (exact) mass is 347 g/mol. The number of hydrogen-bond acceptors (Lipinski definition) is 4. The van der Waals surface area contributed by atoms with Crippen molar-refractivity contribution in [1.82, 2.24) is 14.6 Å². The number of aromatic nitrogens is 3. The Labute approximate surface area is 149 Å². The molecule has 0 atom stereocenters. The first-order chi connectivity index (χ1) is 12.2. The Balaban J connectivity index is 1.86. The van der Waals surface area contributed by atoms with Crippen molar-refractivity contribution in [2.24, 2.45) is 0 Å². The minimum absolute atomic E-state index is 0.0684. The second-order valence-electron chi connectivity index (χ2n) is 6.02. The Kier molecular flexibility index (Phi) is 3.93. The number of thiazole rings is 1. The number of nitrogens with zero attached hydrogens (tertiary/aromatic N) is 3. The lowest BCUT2D eigenvalue weighted by Gasteiger charge is -1.98. The third-order valence-corrected chi connectivity index (χ3v) is 5.17. The van der Waals surface area contributed by atoms with Gasteiger partial charge in [0, 0.05) is 5.56 Å². The highest BCUT2D eigenvalue weighted by molar-refractivity contribution is 7.15. The molecule has 0 saturated carbocycles. The largest absolute Gasteiger partial charge is 0.276 e. The maximum absolute atomic E-state index is 12.9. The molecule has 0 fully saturated rings. The van der Waals surface area contributed by atoms with E-state index >= 15 is 0 Å². The number of fused-ring (bicyclic) bond motifs is 1. The van der Waals surface area contributed by atoms with Crippen molar-refractivity contribution < 1.29 is 0 Å². The molecule has 4 rings (SSSR count). The summed E-state index contributed by atoms with van der Waals surface area (Å²) in [6.07, 6.45) is 2.92. The number of aryl methyl sites for hydroxylation is 2. The van der Waals surface area contributed by atoms with E-state index in [0.717, 1.165) is 23.1 Å². The molecule has 2 aromatic carbocycles. The highest BCUT2D eigenvalue weighted by Crippen LogP contribution is 2.18. The Morgan fingerprint density at radius 2 is 1.92 bits per heavy atom. The van der Waals surface area contributed by atoms with Crippen molar-refractivity contribution in [3.63, 3.8) is 0 Å². The maximum atomic E-state index is 12.9. The Morgan fingerprint density at radius 3 is 2.64 bits per heavy atom. The molecule has 0 saturated heterocycles. The van der Waals surface area contributed by atoms with Crippen LogP contribution in [0.4, 0.5) is 0 Å². The summed E-state index contributed by atoms with van der Waals surface area (Å²) in [5.41, 5.74) is 4.26. The van der Waals surface area contributed by atoms with Gasteiger partial charge in [-0.2, -0.15) is 0 Å². The van der Waals surface area contributed by atoms with Crippen LogP contribution in [-0.4, -0.2) is 14.6 Å². The van der Waals surface area contributed by atoms with E-state index in [0.29, 0.717) is 15.3 Å². The van der Waals surface area contributed by atoms with E-state index in [-0.39, 0.29) is 5.56 Å². The summed E-state index contributed by atoms with van der Waals surface area (Å²) in [6.45, 7) is 4.15. The lowest BCUT2D eigenvalue weighted by atomic mass is 10.1. The molecule has 0 unspecified atom stereocenters. The SMILES string of the molecule is CCc1ccc(/C=c2\sc3nnc(-c4cccc(C)c4)n3c2=O)cc1. The topological polar surface area (TPSA) is 47.3 Å². The Hall–Kier alpha value is -2.79. The number of hydrogen-bond donors (Lipinski definition) is 0. The predicted octanol–water partition coefficient (Wildman–Crippen LogP) is 3.24. The third kappa shape index (κ3) is 2.87. The van der Waals surface area contributed by atoms with Crippen LogP contribution in [0.3, 0.4) is 0 Å². The zero-order valence-corrected chi connectivity index (χ0v) is 14.9. The van der Waals surface area contributed by atoms with Crippen LogP contribution in [-0.2, 0) is 6.42 Å². The molecule has 0 spiro atoms. The number of benzene rings is 2. The summed E-state index contributed by atoms with van der Waals surface area (Å²) in [7, 11) is 0. The van der Waals surface area contributed by atoms with Gasteiger partial charge in [0.05, 0.1) is 4.53 Å². The minimum atomic E-state index is -0.0684. The van der Waals surface area contributed by atoms with Gasteiger partial charge in [-0.05, 0) is 36.6 Å². The normalized spacial score (nSPS) is 12.2. The van der Waals surface area contributed by atoms with E-state index in [1.165, 1.54) is 16.9 Å². The van der Waals surface area contributed by atoms with Gasteiger partial charge in [0.25, 0.3) is 5.56 Å². The third-order valence-electron chi connectivity index (χ3n) is 4.21. The molecule has 4 nitrogen and oxygen atoms in total. The van der Waals surface area contributed by atoms with Gasteiger partial charge in [0.1, 0.15) is 0 Å². The molecule has 0 bridgehead atoms. The molecule has 2 heterocycles. The maximum Gasteiger partial charge on any atom is 0.276 e. The van der Waals surface area contributed by atoms with Crippen LogP contribution in [0, 0.1) is 6.92 Å². The molecular weight excluding hydrogens is 330 g/mol. The van der Waals surface area contributed by atoms with Gasteiger partial charge in [0.2, 0.25) is 4.96 Å². The fraction of sp³-hybridized carbons (Fsp3) is 0.150. The first-order valence-corrected chi connectivity index (χ1v) is 9.03. The average molecular weight is 347 g/mol. The quantitative estimate of drug-likeness (QED) is 0.572. The Bertz CT molecular complexity index is 1160. The molecule has 124 valence electrons. The standard InChI is InChI=1S/C20H17N3OS/c1-3-14-7-9-15(10-8-14)12-17-19(24)23-18(21-22-20(23)25-17)16-6-4-5-13(2)11-16/h4-12H,3H2,1-2H3/b17-12-. The summed E-state index contributed by atoms with van der Waals surface area (Å²) in [5, 5.41) is 8.39. The minimum Gasteiger partial charge on any atom is -0.267 e. The van der Waals surface area contributed by atoms with Crippen molar-refractivity contribution in [2.45, 2.75) is 20.3 Å². The molecular formula is C20H17N3OS. The van der Waals surface area contributed by atoms with E-state index in [1.807, 2.05) is 49.4 Å². The van der Waals surface area contributed by atoms with Gasteiger partial charge in [-0.15, -0.1) is 10.2 Å². The van der Waals surface area contributed by atoms with Crippen LogP contribution in [0.15, 0.2) is 53.3 Å². The van der Waals surface area contributed by atoms with Crippen LogP contribution in [0.2, 0.25) is 0 Å². The fourth-order valence-electron chi connectivity index (χ4n) is 2.83. The molecule has 0 radical (unpaired) electrons. The van der Waals surface area contributed by atoms with Crippen LogP contribution < -0.4 is 10.1 Å². The lowest BCUT2D eigenvalue weighted by Crippen LogP contribution is -2.23. The van der Waals surface area contributed by atoms with Crippen molar-refractivity contribution in [3.05, 3.63) is 80.1 Å². The molecule has 0 N–H and O–H groups in total. The van der Waals surface area contributed by atoms with Crippen LogP contribution in [0.25, 0.3) is 22.4 Å². The van der Waals surface area contributed by atoms with Crippen LogP contribution >= 0.6 is 11.3 Å². The zero-order chi connectivity index (χ0) is 17.4. The first kappa shape index (κ1) is 15.7. The van der Waals surface area contributed by atoms with E-state index < -0.39 is 0 Å². The van der Waals surface area contributed by atoms with E-state index in [9.17, 15) is 4.79 Å². The fourth-order valence-corrected chi connectivity index (χ4v) is 3.75. The van der Waals surface area contributed by atoms with E-state index in [4.69, 9.17) is 0 Å². The molecule has 25 heavy (non-hydrogen) atoms. The second-order valence-corrected chi connectivity index (χ2v) is 7.03. The van der Waals surface area contributed by atoms with Gasteiger partial charge in [-0.25, -0.2) is 4.40 Å². The zero-order valence-electron chi connectivity index (χ0n) is 14.1. The highest BCUT2D eigenvalue weighted by atomic mass is 32.1. The molecule has 4 aromatic rings. The molecule has 0 amide bonds. The first-order valence-electron chi connectivity index (χ1n) is 8.21. The van der Waals surface area contributed by atoms with Crippen LogP contribution in [0.1, 0.15) is 23.6 Å². The second kappa shape index (κ2) is 6.26. The molecule has 2 aromatic heterocycles. The summed E-state index contributed by atoms with van der Waals surface area (Å²) >= 11 is 1.37. The summed E-state index contributed by atoms with van der Waals surface area (Å²) in [4.78, 5) is 13.5. The summed E-state index contributed by atoms with van der Waals surface area (Å²) < 4.78 is 2.27. The van der Waals surface area contributed by atoms with Gasteiger partial charge in [0.15, 0.2) is 5.82 Å². The van der Waals surface area contributed by atoms with E-state index in [2.05, 4.69) is 29.3 Å². The van der Waals surface area contributed by atoms with Gasteiger partial charge < -0.3 is 0 Å². The van der Waals surface area contributed by atoms with Crippen molar-refractivity contribution in [2.75, 3.05) is 0 Å². The van der Waals surface area contributed by atoms with Crippen LogP contribution in [0.5, 0.6) is 0 Å². The molecule has 0 aliphatic heterocycles. The predicted molar refractivity (Wildman–Crippen MR) is 102 cm³/mol.